The van der Waals surface area contributed by atoms with Gasteiger partial charge in [0.25, 0.3) is 5.91 Å². The fraction of sp³-hybridized carbons (Fsp3) is 0.450. The summed E-state index contributed by atoms with van der Waals surface area (Å²) in [7, 11) is 3.76. The molecule has 142 valence electrons. The Bertz CT molecular complexity index is 907. The highest BCUT2D eigenvalue weighted by molar-refractivity contribution is 6.34. The van der Waals surface area contributed by atoms with Gasteiger partial charge in [0.2, 0.25) is 5.91 Å². The van der Waals surface area contributed by atoms with E-state index in [0.717, 1.165) is 36.9 Å². The third-order valence-electron chi connectivity index (χ3n) is 5.70. The van der Waals surface area contributed by atoms with Gasteiger partial charge in [0.05, 0.1) is 22.8 Å². The smallest absolute Gasteiger partial charge is 0.255 e. The molecule has 1 saturated heterocycles. The van der Waals surface area contributed by atoms with Crippen LogP contribution in [-0.4, -0.2) is 40.1 Å². The van der Waals surface area contributed by atoms with E-state index in [9.17, 15) is 9.59 Å². The largest absolute Gasteiger partial charge is 0.334 e. The number of carbonyl (C=O) groups is 2. The number of benzene rings is 1. The van der Waals surface area contributed by atoms with Gasteiger partial charge in [-0.1, -0.05) is 11.6 Å². The summed E-state index contributed by atoms with van der Waals surface area (Å²) >= 11 is 6.35. The van der Waals surface area contributed by atoms with E-state index in [-0.39, 0.29) is 17.9 Å². The minimum atomic E-state index is -0.129. The van der Waals surface area contributed by atoms with E-state index in [1.54, 1.807) is 21.9 Å². The third-order valence-corrected chi connectivity index (χ3v) is 6.03. The van der Waals surface area contributed by atoms with E-state index >= 15 is 0 Å². The summed E-state index contributed by atoms with van der Waals surface area (Å²) in [6, 6.07) is 5.25. The number of nitrogens with zero attached hydrogens (tertiary/aromatic N) is 4. The molecule has 1 aromatic heterocycles. The van der Waals surface area contributed by atoms with Crippen molar-refractivity contribution in [2.75, 3.05) is 18.5 Å². The Kier molecular flexibility index (Phi) is 4.68. The zero-order valence-electron chi connectivity index (χ0n) is 15.6. The lowest BCUT2D eigenvalue weighted by molar-refractivity contribution is -0.117. The monoisotopic (exact) mass is 386 g/mol. The van der Waals surface area contributed by atoms with Crippen LogP contribution in [0.4, 0.5) is 5.69 Å². The van der Waals surface area contributed by atoms with Crippen molar-refractivity contribution >= 4 is 29.1 Å². The fourth-order valence-electron chi connectivity index (χ4n) is 4.18. The number of halogens is 1. The minimum Gasteiger partial charge on any atom is -0.334 e. The molecule has 7 heteroatoms. The summed E-state index contributed by atoms with van der Waals surface area (Å²) in [6.07, 6.45) is 6.17. The van der Waals surface area contributed by atoms with Crippen LogP contribution in [0.3, 0.4) is 0 Å². The Morgan fingerprint density at radius 2 is 2.11 bits per heavy atom. The summed E-state index contributed by atoms with van der Waals surface area (Å²) in [6.45, 7) is 0.686. The lowest BCUT2D eigenvalue weighted by Crippen LogP contribution is -2.33. The quantitative estimate of drug-likeness (QED) is 0.812. The average Bonchev–Trinajstić information content (AvgIpc) is 3.27. The Labute approximate surface area is 163 Å². The second-order valence-electron chi connectivity index (χ2n) is 7.31. The van der Waals surface area contributed by atoms with Gasteiger partial charge in [0.1, 0.15) is 0 Å². The van der Waals surface area contributed by atoms with Crippen LogP contribution in [-0.2, 0) is 18.3 Å². The predicted molar refractivity (Wildman–Crippen MR) is 104 cm³/mol. The van der Waals surface area contributed by atoms with E-state index < -0.39 is 0 Å². The third kappa shape index (κ3) is 3.12. The van der Waals surface area contributed by atoms with Crippen LogP contribution in [0, 0.1) is 0 Å². The van der Waals surface area contributed by atoms with Gasteiger partial charge in [-0.25, -0.2) is 0 Å². The van der Waals surface area contributed by atoms with Crippen LogP contribution in [0.5, 0.6) is 0 Å². The van der Waals surface area contributed by atoms with E-state index in [1.165, 1.54) is 5.69 Å². The molecule has 1 fully saturated rings. The second kappa shape index (κ2) is 7.00. The highest BCUT2D eigenvalue weighted by Gasteiger charge is 2.31. The SMILES string of the molecule is CN(C(=O)c1cc(N2CCCC2=O)ccc1Cl)C1CCCc2c1cnn2C. The maximum atomic E-state index is 13.2. The van der Waals surface area contributed by atoms with Crippen LogP contribution in [0.1, 0.15) is 53.3 Å². The van der Waals surface area contributed by atoms with Gasteiger partial charge in [-0.15, -0.1) is 0 Å². The van der Waals surface area contributed by atoms with Crippen LogP contribution in [0.2, 0.25) is 5.02 Å². The molecular formula is C20H23ClN4O2. The molecule has 0 spiro atoms. The first kappa shape index (κ1) is 18.0. The number of anilines is 1. The van der Waals surface area contributed by atoms with E-state index in [1.807, 2.05) is 31.0 Å². The molecule has 2 aromatic rings. The van der Waals surface area contributed by atoms with Crippen molar-refractivity contribution in [1.82, 2.24) is 14.7 Å². The molecule has 27 heavy (non-hydrogen) atoms. The Balaban J connectivity index is 1.64. The van der Waals surface area contributed by atoms with Crippen LogP contribution >= 0.6 is 11.6 Å². The Hall–Kier alpha value is -2.34. The van der Waals surface area contributed by atoms with Crippen molar-refractivity contribution in [3.8, 4) is 0 Å². The topological polar surface area (TPSA) is 58.4 Å². The first-order chi connectivity index (χ1) is 13.0. The first-order valence-corrected chi connectivity index (χ1v) is 9.73. The van der Waals surface area contributed by atoms with Gasteiger partial charge in [-0.05, 0) is 43.9 Å². The molecule has 1 atom stereocenters. The maximum absolute atomic E-state index is 13.2. The number of hydrogen-bond donors (Lipinski definition) is 0. The molecule has 2 heterocycles. The van der Waals surface area contributed by atoms with E-state index in [0.29, 0.717) is 23.6 Å². The normalized spacial score (nSPS) is 19.3. The summed E-state index contributed by atoms with van der Waals surface area (Å²) in [5.74, 6) is -0.0356. The van der Waals surface area contributed by atoms with Crippen molar-refractivity contribution < 1.29 is 9.59 Å². The van der Waals surface area contributed by atoms with Gasteiger partial charge < -0.3 is 9.80 Å². The Morgan fingerprint density at radius 3 is 2.85 bits per heavy atom. The van der Waals surface area contributed by atoms with Gasteiger partial charge in [-0.3, -0.25) is 14.3 Å². The minimum absolute atomic E-state index is 0.0110. The van der Waals surface area contributed by atoms with Crippen molar-refractivity contribution in [2.45, 2.75) is 38.1 Å². The molecular weight excluding hydrogens is 364 g/mol. The highest BCUT2D eigenvalue weighted by Crippen LogP contribution is 2.35. The van der Waals surface area contributed by atoms with Crippen LogP contribution in [0.15, 0.2) is 24.4 Å². The molecule has 0 N–H and O–H groups in total. The molecule has 4 rings (SSSR count). The zero-order chi connectivity index (χ0) is 19.1. The molecule has 0 radical (unpaired) electrons. The highest BCUT2D eigenvalue weighted by atomic mass is 35.5. The number of carbonyl (C=O) groups excluding carboxylic acids is 2. The van der Waals surface area contributed by atoms with Gasteiger partial charge >= 0.3 is 0 Å². The number of rotatable bonds is 3. The van der Waals surface area contributed by atoms with Crippen molar-refractivity contribution in [3.05, 3.63) is 46.2 Å². The van der Waals surface area contributed by atoms with E-state index in [2.05, 4.69) is 5.10 Å². The van der Waals surface area contributed by atoms with Crippen molar-refractivity contribution in [3.63, 3.8) is 0 Å². The molecule has 1 unspecified atom stereocenters. The summed E-state index contributed by atoms with van der Waals surface area (Å²) in [5, 5.41) is 4.77. The zero-order valence-corrected chi connectivity index (χ0v) is 16.4. The maximum Gasteiger partial charge on any atom is 0.255 e. The number of hydrogen-bond acceptors (Lipinski definition) is 3. The number of fused-ring (bicyclic) bond motifs is 1. The molecule has 1 aromatic carbocycles. The predicted octanol–water partition coefficient (Wildman–Crippen LogP) is 3.35. The lowest BCUT2D eigenvalue weighted by Gasteiger charge is -2.32. The molecule has 0 saturated carbocycles. The van der Waals surface area contributed by atoms with E-state index in [4.69, 9.17) is 11.6 Å². The fourth-order valence-corrected chi connectivity index (χ4v) is 4.38. The van der Waals surface area contributed by atoms with Crippen LogP contribution in [0.25, 0.3) is 0 Å². The molecule has 1 aliphatic carbocycles. The van der Waals surface area contributed by atoms with Crippen LogP contribution < -0.4 is 4.90 Å². The molecule has 6 nitrogen and oxygen atoms in total. The molecule has 1 aliphatic heterocycles. The molecule has 0 bridgehead atoms. The number of aryl methyl sites for hydroxylation is 1. The van der Waals surface area contributed by atoms with Gasteiger partial charge in [-0.2, -0.15) is 5.10 Å². The summed E-state index contributed by atoms with van der Waals surface area (Å²) in [4.78, 5) is 28.8. The molecule has 2 aliphatic rings. The van der Waals surface area contributed by atoms with Gasteiger partial charge in [0.15, 0.2) is 0 Å². The molecule has 2 amide bonds. The number of amides is 2. The van der Waals surface area contributed by atoms with Crippen molar-refractivity contribution in [2.24, 2.45) is 7.05 Å². The van der Waals surface area contributed by atoms with Crippen molar-refractivity contribution in [1.29, 1.82) is 0 Å². The average molecular weight is 387 g/mol. The standard InChI is InChI=1S/C20H23ClN4O2/c1-23(17-5-3-6-18-15(17)12-22-24(18)2)20(27)14-11-13(8-9-16(14)21)25-10-4-7-19(25)26/h8-9,11-12,17H,3-7,10H2,1-2H3. The summed E-state index contributed by atoms with van der Waals surface area (Å²) < 4.78 is 1.90. The first-order valence-electron chi connectivity index (χ1n) is 9.35. The second-order valence-corrected chi connectivity index (χ2v) is 7.71. The summed E-state index contributed by atoms with van der Waals surface area (Å²) in [5.41, 5.74) is 3.48. The number of aromatic nitrogens is 2. The lowest BCUT2D eigenvalue weighted by atomic mass is 9.91. The Morgan fingerprint density at radius 1 is 1.30 bits per heavy atom. The van der Waals surface area contributed by atoms with Gasteiger partial charge in [0, 0.05) is 44.0 Å².